The molecule has 1 N–H and O–H groups in total. The van der Waals surface area contributed by atoms with Crippen molar-refractivity contribution in [3.63, 3.8) is 0 Å². The molecule has 4 nitrogen and oxygen atoms in total. The predicted molar refractivity (Wildman–Crippen MR) is 107 cm³/mol. The minimum Gasteiger partial charge on any atom is -0.376 e. The van der Waals surface area contributed by atoms with E-state index in [4.69, 9.17) is 4.74 Å². The molecule has 5 heteroatoms. The van der Waals surface area contributed by atoms with Gasteiger partial charge in [0.25, 0.3) is 5.91 Å². The smallest absolute Gasteiger partial charge is 0.252 e. The Morgan fingerprint density at radius 2 is 1.96 bits per heavy atom. The first-order valence-corrected chi connectivity index (χ1v) is 9.57. The van der Waals surface area contributed by atoms with Gasteiger partial charge in [-0.2, -0.15) is 0 Å². The number of pyridine rings is 1. The topological polar surface area (TPSA) is 51.2 Å². The van der Waals surface area contributed by atoms with Gasteiger partial charge in [0.2, 0.25) is 0 Å². The Balaban J connectivity index is 1.71. The molecule has 2 aromatic carbocycles. The first-order chi connectivity index (χ1) is 13.5. The van der Waals surface area contributed by atoms with E-state index in [0.717, 1.165) is 40.6 Å². The molecule has 3 aromatic rings. The van der Waals surface area contributed by atoms with Gasteiger partial charge in [0, 0.05) is 17.7 Å². The van der Waals surface area contributed by atoms with Crippen LogP contribution in [0.5, 0.6) is 0 Å². The van der Waals surface area contributed by atoms with Gasteiger partial charge in [-0.3, -0.25) is 9.78 Å². The molecule has 28 heavy (non-hydrogen) atoms. The minimum absolute atomic E-state index is 0.120. The summed E-state index contributed by atoms with van der Waals surface area (Å²) in [6, 6.07) is 13.6. The Labute approximate surface area is 163 Å². The van der Waals surface area contributed by atoms with E-state index in [2.05, 4.69) is 10.3 Å². The first kappa shape index (κ1) is 18.6. The summed E-state index contributed by atoms with van der Waals surface area (Å²) >= 11 is 0. The molecule has 144 valence electrons. The number of amides is 1. The van der Waals surface area contributed by atoms with Crippen LogP contribution in [0.4, 0.5) is 4.39 Å². The average Bonchev–Trinajstić information content (AvgIpc) is 3.21. The molecule has 1 aromatic heterocycles. The molecule has 4 rings (SSSR count). The standard InChI is InChI=1S/C23H23FN2O2/c1-14-5-10-20-18(12-14)19(13-15(2)25-20)23(27)26-22(21-4-3-11-28-21)16-6-8-17(24)9-7-16/h5-10,12-13,21-22H,3-4,11H2,1-2H3,(H,26,27)/t21-,22-/m0/s1. The number of benzene rings is 2. The Hall–Kier alpha value is -2.79. The summed E-state index contributed by atoms with van der Waals surface area (Å²) in [6.45, 7) is 4.55. The fourth-order valence-corrected chi connectivity index (χ4v) is 3.81. The van der Waals surface area contributed by atoms with Gasteiger partial charge >= 0.3 is 0 Å². The number of halogens is 1. The fourth-order valence-electron chi connectivity index (χ4n) is 3.81. The van der Waals surface area contributed by atoms with Crippen molar-refractivity contribution in [1.29, 1.82) is 0 Å². The number of hydrogen-bond donors (Lipinski definition) is 1. The van der Waals surface area contributed by atoms with Gasteiger partial charge in [0.05, 0.1) is 23.2 Å². The van der Waals surface area contributed by atoms with Gasteiger partial charge in [-0.1, -0.05) is 23.8 Å². The molecule has 0 bridgehead atoms. The van der Waals surface area contributed by atoms with Crippen LogP contribution in [0.15, 0.2) is 48.5 Å². The molecule has 0 spiro atoms. The van der Waals surface area contributed by atoms with Crippen molar-refractivity contribution in [3.8, 4) is 0 Å². The highest BCUT2D eigenvalue weighted by molar-refractivity contribution is 6.06. The maximum absolute atomic E-state index is 13.4. The number of carbonyl (C=O) groups excluding carboxylic acids is 1. The van der Waals surface area contributed by atoms with E-state index in [1.54, 1.807) is 12.1 Å². The zero-order valence-corrected chi connectivity index (χ0v) is 16.0. The van der Waals surface area contributed by atoms with Crippen molar-refractivity contribution in [2.75, 3.05) is 6.61 Å². The number of nitrogens with zero attached hydrogens (tertiary/aromatic N) is 1. The SMILES string of the molecule is Cc1ccc2nc(C)cc(C(=O)N[C@@H](c3ccc(F)cc3)[C@@H]3CCCO3)c2c1. The van der Waals surface area contributed by atoms with Gasteiger partial charge in [0.15, 0.2) is 0 Å². The highest BCUT2D eigenvalue weighted by Gasteiger charge is 2.29. The summed E-state index contributed by atoms with van der Waals surface area (Å²) in [5.74, 6) is -0.474. The lowest BCUT2D eigenvalue weighted by Crippen LogP contribution is -2.36. The highest BCUT2D eigenvalue weighted by Crippen LogP contribution is 2.28. The molecule has 2 atom stereocenters. The van der Waals surface area contributed by atoms with Crippen molar-refractivity contribution in [2.45, 2.75) is 38.8 Å². The van der Waals surface area contributed by atoms with E-state index in [1.165, 1.54) is 12.1 Å². The number of ether oxygens (including phenoxy) is 1. The van der Waals surface area contributed by atoms with Gasteiger partial charge in [-0.05, 0) is 62.6 Å². The van der Waals surface area contributed by atoms with E-state index >= 15 is 0 Å². The molecule has 1 amide bonds. The van der Waals surface area contributed by atoms with E-state index in [0.29, 0.717) is 12.2 Å². The van der Waals surface area contributed by atoms with Crippen LogP contribution in [0.1, 0.15) is 46.1 Å². The number of rotatable bonds is 4. The van der Waals surface area contributed by atoms with Crippen LogP contribution in [-0.4, -0.2) is 23.6 Å². The lowest BCUT2D eigenvalue weighted by Gasteiger charge is -2.25. The van der Waals surface area contributed by atoms with Crippen molar-refractivity contribution >= 4 is 16.8 Å². The zero-order chi connectivity index (χ0) is 19.7. The number of aromatic nitrogens is 1. The summed E-state index contributed by atoms with van der Waals surface area (Å²) < 4.78 is 19.2. The molecular formula is C23H23FN2O2. The number of aryl methyl sites for hydroxylation is 2. The summed E-state index contributed by atoms with van der Waals surface area (Å²) in [6.07, 6.45) is 1.69. The van der Waals surface area contributed by atoms with E-state index < -0.39 is 0 Å². The van der Waals surface area contributed by atoms with Crippen LogP contribution in [0.3, 0.4) is 0 Å². The average molecular weight is 378 g/mol. The van der Waals surface area contributed by atoms with Crippen LogP contribution in [0.25, 0.3) is 10.9 Å². The third kappa shape index (κ3) is 3.76. The monoisotopic (exact) mass is 378 g/mol. The summed E-state index contributed by atoms with van der Waals surface area (Å²) in [4.78, 5) is 17.8. The molecule has 0 unspecified atom stereocenters. The maximum atomic E-state index is 13.4. The van der Waals surface area contributed by atoms with Crippen LogP contribution in [-0.2, 0) is 4.74 Å². The molecule has 0 radical (unpaired) electrons. The van der Waals surface area contributed by atoms with E-state index in [1.807, 2.05) is 38.1 Å². The second-order valence-corrected chi connectivity index (χ2v) is 7.39. The molecule has 0 saturated carbocycles. The molecular weight excluding hydrogens is 355 g/mol. The molecule has 2 heterocycles. The summed E-state index contributed by atoms with van der Waals surface area (Å²) in [5, 5.41) is 3.96. The largest absolute Gasteiger partial charge is 0.376 e. The third-order valence-electron chi connectivity index (χ3n) is 5.19. The fraction of sp³-hybridized carbons (Fsp3) is 0.304. The van der Waals surface area contributed by atoms with Crippen LogP contribution in [0.2, 0.25) is 0 Å². The predicted octanol–water partition coefficient (Wildman–Crippen LogP) is 4.64. The van der Waals surface area contributed by atoms with Gasteiger partial charge in [-0.25, -0.2) is 4.39 Å². The Bertz CT molecular complexity index is 1010. The molecule has 1 aliphatic rings. The molecule has 0 aliphatic carbocycles. The van der Waals surface area contributed by atoms with Crippen LogP contribution in [0, 0.1) is 19.7 Å². The minimum atomic E-state index is -0.330. The zero-order valence-electron chi connectivity index (χ0n) is 16.0. The molecule has 1 fully saturated rings. The summed E-state index contributed by atoms with van der Waals surface area (Å²) in [5.41, 5.74) is 4.09. The van der Waals surface area contributed by atoms with Crippen LogP contribution < -0.4 is 5.32 Å². The third-order valence-corrected chi connectivity index (χ3v) is 5.19. The van der Waals surface area contributed by atoms with Crippen molar-refractivity contribution in [1.82, 2.24) is 10.3 Å². The van der Waals surface area contributed by atoms with Crippen molar-refractivity contribution in [3.05, 3.63) is 76.7 Å². The van der Waals surface area contributed by atoms with E-state index in [9.17, 15) is 9.18 Å². The lowest BCUT2D eigenvalue weighted by atomic mass is 9.98. The second kappa shape index (κ2) is 7.68. The number of nitrogens with one attached hydrogen (secondary N) is 1. The quantitative estimate of drug-likeness (QED) is 0.719. The number of carbonyl (C=O) groups is 1. The highest BCUT2D eigenvalue weighted by atomic mass is 19.1. The Kier molecular flexibility index (Phi) is 5.09. The Morgan fingerprint density at radius 1 is 1.18 bits per heavy atom. The van der Waals surface area contributed by atoms with Crippen molar-refractivity contribution in [2.24, 2.45) is 0 Å². The van der Waals surface area contributed by atoms with Gasteiger partial charge in [-0.15, -0.1) is 0 Å². The van der Waals surface area contributed by atoms with Gasteiger partial charge < -0.3 is 10.1 Å². The normalized spacial score (nSPS) is 17.6. The van der Waals surface area contributed by atoms with Crippen LogP contribution >= 0.6 is 0 Å². The van der Waals surface area contributed by atoms with Gasteiger partial charge in [0.1, 0.15) is 5.82 Å². The molecule has 1 aliphatic heterocycles. The Morgan fingerprint density at radius 3 is 2.68 bits per heavy atom. The number of hydrogen-bond acceptors (Lipinski definition) is 3. The van der Waals surface area contributed by atoms with Crippen molar-refractivity contribution < 1.29 is 13.9 Å². The lowest BCUT2D eigenvalue weighted by molar-refractivity contribution is 0.0673. The van der Waals surface area contributed by atoms with E-state index in [-0.39, 0.29) is 23.9 Å². The second-order valence-electron chi connectivity index (χ2n) is 7.39. The maximum Gasteiger partial charge on any atom is 0.252 e. The number of fused-ring (bicyclic) bond motifs is 1. The first-order valence-electron chi connectivity index (χ1n) is 9.57. The summed E-state index contributed by atoms with van der Waals surface area (Å²) in [7, 11) is 0. The molecule has 1 saturated heterocycles.